The number of hydrogen-bond acceptors (Lipinski definition) is 3. The predicted molar refractivity (Wildman–Crippen MR) is 83.8 cm³/mol. The lowest BCUT2D eigenvalue weighted by atomic mass is 10.1. The molecule has 0 unspecified atom stereocenters. The highest BCUT2D eigenvalue weighted by molar-refractivity contribution is 5.63. The summed E-state index contributed by atoms with van der Waals surface area (Å²) in [5.74, 6) is 0.813. The summed E-state index contributed by atoms with van der Waals surface area (Å²) in [7, 11) is 0. The number of oxazole rings is 1. The van der Waals surface area contributed by atoms with Gasteiger partial charge in [-0.25, -0.2) is 4.98 Å². The standard InChI is InChI=1S/C17H24N2O/c1-2-3-4-5-6-7-11-19-16-10-8-9-15(12-16)17-13-18-14-20-17/h8-10,12-14,19H,2-7,11H2,1H3. The fourth-order valence-corrected chi connectivity index (χ4v) is 2.28. The molecule has 1 aromatic carbocycles. The molecule has 2 aromatic rings. The van der Waals surface area contributed by atoms with Crippen molar-refractivity contribution in [2.75, 3.05) is 11.9 Å². The molecule has 0 spiro atoms. The number of nitrogens with one attached hydrogen (secondary N) is 1. The second-order valence-electron chi connectivity index (χ2n) is 5.14. The average molecular weight is 272 g/mol. The third-order valence-electron chi connectivity index (χ3n) is 3.44. The van der Waals surface area contributed by atoms with Crippen molar-refractivity contribution in [1.82, 2.24) is 4.98 Å². The molecule has 1 N–H and O–H groups in total. The van der Waals surface area contributed by atoms with Crippen LogP contribution in [0.3, 0.4) is 0 Å². The third-order valence-corrected chi connectivity index (χ3v) is 3.44. The molecule has 0 aliphatic heterocycles. The number of nitrogens with zero attached hydrogens (tertiary/aromatic N) is 1. The maximum atomic E-state index is 5.32. The summed E-state index contributed by atoms with van der Waals surface area (Å²) in [6, 6.07) is 8.28. The van der Waals surface area contributed by atoms with Gasteiger partial charge in [-0.3, -0.25) is 0 Å². The fraction of sp³-hybridized carbons (Fsp3) is 0.471. The normalized spacial score (nSPS) is 10.7. The molecule has 2 rings (SSSR count). The zero-order valence-corrected chi connectivity index (χ0v) is 12.3. The molecule has 3 heteroatoms. The van der Waals surface area contributed by atoms with Crippen molar-refractivity contribution in [2.45, 2.75) is 45.4 Å². The van der Waals surface area contributed by atoms with Gasteiger partial charge in [-0.1, -0.05) is 51.2 Å². The van der Waals surface area contributed by atoms with Crippen LogP contribution in [0, 0.1) is 0 Å². The van der Waals surface area contributed by atoms with Gasteiger partial charge in [-0.15, -0.1) is 0 Å². The minimum atomic E-state index is 0.813. The number of unbranched alkanes of at least 4 members (excludes halogenated alkanes) is 5. The summed E-state index contributed by atoms with van der Waals surface area (Å²) in [6.07, 6.45) is 11.2. The summed E-state index contributed by atoms with van der Waals surface area (Å²) < 4.78 is 5.32. The van der Waals surface area contributed by atoms with E-state index in [9.17, 15) is 0 Å². The van der Waals surface area contributed by atoms with E-state index in [1.165, 1.54) is 44.9 Å². The van der Waals surface area contributed by atoms with Crippen LogP contribution >= 0.6 is 0 Å². The van der Waals surface area contributed by atoms with Gasteiger partial charge in [0.1, 0.15) is 0 Å². The zero-order chi connectivity index (χ0) is 14.0. The largest absolute Gasteiger partial charge is 0.444 e. The van der Waals surface area contributed by atoms with E-state index in [1.54, 1.807) is 6.20 Å². The van der Waals surface area contributed by atoms with Crippen LogP contribution in [0.4, 0.5) is 5.69 Å². The molecule has 0 amide bonds. The van der Waals surface area contributed by atoms with Gasteiger partial charge in [0.15, 0.2) is 12.2 Å². The van der Waals surface area contributed by atoms with Gasteiger partial charge >= 0.3 is 0 Å². The molecule has 0 aliphatic carbocycles. The molecule has 0 atom stereocenters. The van der Waals surface area contributed by atoms with Crippen molar-refractivity contribution in [3.63, 3.8) is 0 Å². The van der Waals surface area contributed by atoms with Crippen LogP contribution in [-0.4, -0.2) is 11.5 Å². The SMILES string of the molecule is CCCCCCCCNc1cccc(-c2cnco2)c1. The summed E-state index contributed by atoms with van der Waals surface area (Å²) in [5, 5.41) is 3.48. The summed E-state index contributed by atoms with van der Waals surface area (Å²) in [4.78, 5) is 3.95. The Labute approximate surface area is 121 Å². The molecule has 0 aliphatic rings. The number of anilines is 1. The van der Waals surface area contributed by atoms with Gasteiger partial charge in [0, 0.05) is 17.8 Å². The lowest BCUT2D eigenvalue weighted by Crippen LogP contribution is -2.01. The second-order valence-corrected chi connectivity index (χ2v) is 5.14. The first-order chi connectivity index (χ1) is 9.90. The van der Waals surface area contributed by atoms with E-state index in [2.05, 4.69) is 29.4 Å². The first-order valence-electron chi connectivity index (χ1n) is 7.63. The molecular formula is C17H24N2O. The van der Waals surface area contributed by atoms with Crippen molar-refractivity contribution in [3.05, 3.63) is 36.9 Å². The van der Waals surface area contributed by atoms with Crippen molar-refractivity contribution in [3.8, 4) is 11.3 Å². The van der Waals surface area contributed by atoms with Gasteiger partial charge in [0.25, 0.3) is 0 Å². The van der Waals surface area contributed by atoms with E-state index in [-0.39, 0.29) is 0 Å². The minimum Gasteiger partial charge on any atom is -0.444 e. The van der Waals surface area contributed by atoms with Crippen LogP contribution in [0.15, 0.2) is 41.3 Å². The van der Waals surface area contributed by atoms with Crippen LogP contribution in [0.1, 0.15) is 45.4 Å². The van der Waals surface area contributed by atoms with E-state index >= 15 is 0 Å². The molecule has 20 heavy (non-hydrogen) atoms. The highest BCUT2D eigenvalue weighted by Crippen LogP contribution is 2.22. The van der Waals surface area contributed by atoms with Gasteiger partial charge < -0.3 is 9.73 Å². The molecule has 108 valence electrons. The van der Waals surface area contributed by atoms with Gasteiger partial charge in [0.2, 0.25) is 0 Å². The highest BCUT2D eigenvalue weighted by atomic mass is 16.3. The van der Waals surface area contributed by atoms with Gasteiger partial charge in [-0.2, -0.15) is 0 Å². The number of hydrogen-bond donors (Lipinski definition) is 1. The first-order valence-corrected chi connectivity index (χ1v) is 7.63. The van der Waals surface area contributed by atoms with E-state index in [0.717, 1.165) is 23.6 Å². The van der Waals surface area contributed by atoms with E-state index in [4.69, 9.17) is 4.42 Å². The van der Waals surface area contributed by atoms with Crippen molar-refractivity contribution < 1.29 is 4.42 Å². The molecular weight excluding hydrogens is 248 g/mol. The fourth-order valence-electron chi connectivity index (χ4n) is 2.28. The Morgan fingerprint density at radius 3 is 2.75 bits per heavy atom. The van der Waals surface area contributed by atoms with Crippen LogP contribution in [0.5, 0.6) is 0 Å². The molecule has 1 aromatic heterocycles. The number of aromatic nitrogens is 1. The topological polar surface area (TPSA) is 38.1 Å². The Hall–Kier alpha value is -1.77. The third kappa shape index (κ3) is 4.72. The van der Waals surface area contributed by atoms with Crippen LogP contribution < -0.4 is 5.32 Å². The summed E-state index contributed by atoms with van der Waals surface area (Å²) in [5.41, 5.74) is 2.21. The molecule has 0 fully saturated rings. The molecule has 3 nitrogen and oxygen atoms in total. The lowest BCUT2D eigenvalue weighted by molar-refractivity contribution is 0.572. The Balaban J connectivity index is 1.72. The maximum Gasteiger partial charge on any atom is 0.181 e. The Morgan fingerprint density at radius 1 is 1.10 bits per heavy atom. The van der Waals surface area contributed by atoms with Crippen molar-refractivity contribution in [2.24, 2.45) is 0 Å². The van der Waals surface area contributed by atoms with E-state index < -0.39 is 0 Å². The molecule has 0 radical (unpaired) electrons. The lowest BCUT2D eigenvalue weighted by Gasteiger charge is -2.07. The highest BCUT2D eigenvalue weighted by Gasteiger charge is 2.01. The van der Waals surface area contributed by atoms with E-state index in [1.807, 2.05) is 12.1 Å². The van der Waals surface area contributed by atoms with E-state index in [0.29, 0.717) is 0 Å². The predicted octanol–water partition coefficient (Wildman–Crippen LogP) is 5.11. The smallest absolute Gasteiger partial charge is 0.181 e. The Kier molecular flexibility index (Phi) is 6.15. The average Bonchev–Trinajstić information content (AvgIpc) is 3.01. The van der Waals surface area contributed by atoms with Gasteiger partial charge in [-0.05, 0) is 18.6 Å². The monoisotopic (exact) mass is 272 g/mol. The summed E-state index contributed by atoms with van der Waals surface area (Å²) in [6.45, 7) is 3.29. The summed E-state index contributed by atoms with van der Waals surface area (Å²) >= 11 is 0. The Bertz CT molecular complexity index is 479. The number of rotatable bonds is 9. The molecule has 0 saturated carbocycles. The van der Waals surface area contributed by atoms with Gasteiger partial charge in [0.05, 0.1) is 6.20 Å². The minimum absolute atomic E-state index is 0.813. The molecule has 1 heterocycles. The maximum absolute atomic E-state index is 5.32. The second kappa shape index (κ2) is 8.41. The van der Waals surface area contributed by atoms with Crippen molar-refractivity contribution >= 4 is 5.69 Å². The van der Waals surface area contributed by atoms with Crippen LogP contribution in [0.25, 0.3) is 11.3 Å². The first kappa shape index (κ1) is 14.6. The number of benzene rings is 1. The van der Waals surface area contributed by atoms with Crippen molar-refractivity contribution in [1.29, 1.82) is 0 Å². The quantitative estimate of drug-likeness (QED) is 0.644. The van der Waals surface area contributed by atoms with Crippen LogP contribution in [-0.2, 0) is 0 Å². The Morgan fingerprint density at radius 2 is 1.95 bits per heavy atom. The molecule has 0 saturated heterocycles. The van der Waals surface area contributed by atoms with Crippen LogP contribution in [0.2, 0.25) is 0 Å². The zero-order valence-electron chi connectivity index (χ0n) is 12.3. The molecule has 0 bridgehead atoms.